The first-order valence-corrected chi connectivity index (χ1v) is 10.6. The monoisotopic (exact) mass is 443 g/mol. The Kier molecular flexibility index (Phi) is 4.77. The van der Waals surface area contributed by atoms with E-state index in [0.29, 0.717) is 11.4 Å². The van der Waals surface area contributed by atoms with Crippen LogP contribution in [-0.2, 0) is 14.6 Å². The third-order valence-electron chi connectivity index (χ3n) is 4.85. The fourth-order valence-corrected chi connectivity index (χ4v) is 4.47. The number of amides is 1. The van der Waals surface area contributed by atoms with Crippen molar-refractivity contribution in [3.8, 4) is 5.75 Å². The maximum absolute atomic E-state index is 14.3. The summed E-state index contributed by atoms with van der Waals surface area (Å²) in [5.41, 5.74) is 0.915. The highest BCUT2D eigenvalue weighted by Gasteiger charge is 2.47. The molecule has 0 unspecified atom stereocenters. The van der Waals surface area contributed by atoms with Gasteiger partial charge in [0.25, 0.3) is 0 Å². The Morgan fingerprint density at radius 2 is 1.84 bits per heavy atom. The molecular formula is C20H18FN5O4S. The summed E-state index contributed by atoms with van der Waals surface area (Å²) < 4.78 is 38.1. The van der Waals surface area contributed by atoms with E-state index in [2.05, 4.69) is 25.9 Å². The second kappa shape index (κ2) is 7.20. The number of fused-ring (bicyclic) bond motifs is 1. The number of halogens is 1. The number of hydrogen-bond acceptors (Lipinski definition) is 8. The van der Waals surface area contributed by atoms with E-state index in [0.717, 1.165) is 6.20 Å². The number of phenolic OH excluding ortho intramolecular Hbond substituents is 1. The highest BCUT2D eigenvalue weighted by Crippen LogP contribution is 2.38. The van der Waals surface area contributed by atoms with Crippen molar-refractivity contribution < 1.29 is 22.7 Å². The van der Waals surface area contributed by atoms with Crippen LogP contribution in [0.4, 0.5) is 33.2 Å². The zero-order valence-electron chi connectivity index (χ0n) is 16.5. The smallest absolute Gasteiger partial charge is 0.245 e. The van der Waals surface area contributed by atoms with E-state index in [4.69, 9.17) is 0 Å². The number of benzene rings is 2. The van der Waals surface area contributed by atoms with Gasteiger partial charge in [0.05, 0.1) is 16.8 Å². The average molecular weight is 443 g/mol. The molecule has 0 radical (unpaired) electrons. The van der Waals surface area contributed by atoms with Gasteiger partial charge in [-0.15, -0.1) is 0 Å². The largest absolute Gasteiger partial charge is 0.508 e. The molecule has 1 amide bonds. The lowest BCUT2D eigenvalue weighted by Crippen LogP contribution is -2.48. The highest BCUT2D eigenvalue weighted by atomic mass is 32.2. The minimum Gasteiger partial charge on any atom is -0.508 e. The number of anilines is 5. The third-order valence-corrected chi connectivity index (χ3v) is 7.31. The standard InChI is InChI=1S/C20H18FN5O4S/c1-20(2)18(28)25-15-9-12(6-7-16(15)31(20,29)30)23-17-14(21)10-22-19(26-17)24-11-4-3-5-13(27)8-11/h3-10,27H,1-2H3,(H,25,28)(H2,22,23,24,26). The van der Waals surface area contributed by atoms with Gasteiger partial charge in [-0.1, -0.05) is 6.07 Å². The van der Waals surface area contributed by atoms with Crippen LogP contribution in [0.1, 0.15) is 13.8 Å². The Labute approximate surface area is 177 Å². The molecule has 9 nitrogen and oxygen atoms in total. The van der Waals surface area contributed by atoms with Crippen molar-refractivity contribution in [2.45, 2.75) is 23.5 Å². The molecule has 2 aromatic carbocycles. The molecule has 11 heteroatoms. The Hall–Kier alpha value is -3.73. The van der Waals surface area contributed by atoms with E-state index >= 15 is 0 Å². The van der Waals surface area contributed by atoms with Crippen LogP contribution >= 0.6 is 0 Å². The SMILES string of the molecule is CC1(C)C(=O)Nc2cc(Nc3nc(Nc4cccc(O)c4)ncc3F)ccc2S1(=O)=O. The normalized spacial score (nSPS) is 16.2. The van der Waals surface area contributed by atoms with Crippen molar-refractivity contribution in [2.75, 3.05) is 16.0 Å². The summed E-state index contributed by atoms with van der Waals surface area (Å²) in [7, 11) is -3.88. The molecule has 1 aliphatic heterocycles. The molecule has 2 heterocycles. The molecule has 1 aromatic heterocycles. The number of rotatable bonds is 4. The lowest BCUT2D eigenvalue weighted by Gasteiger charge is -2.30. The van der Waals surface area contributed by atoms with Crippen LogP contribution in [0.15, 0.2) is 53.6 Å². The molecule has 0 spiro atoms. The molecule has 0 saturated heterocycles. The van der Waals surface area contributed by atoms with Gasteiger partial charge in [-0.25, -0.2) is 17.8 Å². The number of nitrogens with one attached hydrogen (secondary N) is 3. The van der Waals surface area contributed by atoms with Gasteiger partial charge in [-0.2, -0.15) is 4.98 Å². The van der Waals surface area contributed by atoms with Gasteiger partial charge in [-0.3, -0.25) is 4.79 Å². The number of nitrogens with zero attached hydrogens (tertiary/aromatic N) is 2. The lowest BCUT2D eigenvalue weighted by atomic mass is 10.1. The van der Waals surface area contributed by atoms with Gasteiger partial charge in [0.1, 0.15) is 10.5 Å². The molecule has 31 heavy (non-hydrogen) atoms. The van der Waals surface area contributed by atoms with Crippen molar-refractivity contribution >= 4 is 44.6 Å². The zero-order chi connectivity index (χ0) is 22.4. The molecule has 0 atom stereocenters. The maximum atomic E-state index is 14.3. The zero-order valence-corrected chi connectivity index (χ0v) is 17.3. The van der Waals surface area contributed by atoms with Crippen LogP contribution in [0.3, 0.4) is 0 Å². The van der Waals surface area contributed by atoms with Gasteiger partial charge in [0, 0.05) is 17.4 Å². The number of aromatic nitrogens is 2. The number of hydrogen-bond donors (Lipinski definition) is 4. The first-order chi connectivity index (χ1) is 14.6. The molecule has 160 valence electrons. The van der Waals surface area contributed by atoms with Crippen molar-refractivity contribution in [2.24, 2.45) is 0 Å². The molecule has 3 aromatic rings. The minimum atomic E-state index is -3.88. The minimum absolute atomic E-state index is 0.0166. The summed E-state index contributed by atoms with van der Waals surface area (Å²) >= 11 is 0. The highest BCUT2D eigenvalue weighted by molar-refractivity contribution is 7.94. The number of carbonyl (C=O) groups is 1. The fraction of sp³-hybridized carbons (Fsp3) is 0.150. The Morgan fingerprint density at radius 3 is 2.58 bits per heavy atom. The first kappa shape index (κ1) is 20.5. The van der Waals surface area contributed by atoms with E-state index in [1.165, 1.54) is 44.2 Å². The Balaban J connectivity index is 1.63. The fourth-order valence-electron chi connectivity index (χ4n) is 2.97. The number of phenols is 1. The number of aromatic hydroxyl groups is 1. The van der Waals surface area contributed by atoms with Crippen molar-refractivity contribution in [3.63, 3.8) is 0 Å². The Morgan fingerprint density at radius 1 is 1.10 bits per heavy atom. The van der Waals surface area contributed by atoms with E-state index < -0.39 is 26.3 Å². The van der Waals surface area contributed by atoms with Crippen molar-refractivity contribution in [1.82, 2.24) is 9.97 Å². The van der Waals surface area contributed by atoms with Gasteiger partial charge < -0.3 is 21.1 Å². The molecule has 0 fully saturated rings. The van der Waals surface area contributed by atoms with E-state index in [9.17, 15) is 22.7 Å². The second-order valence-corrected chi connectivity index (χ2v) is 9.84. The molecule has 4 rings (SSSR count). The van der Waals surface area contributed by atoms with Crippen LogP contribution < -0.4 is 16.0 Å². The van der Waals surface area contributed by atoms with E-state index in [-0.39, 0.29) is 28.1 Å². The lowest BCUT2D eigenvalue weighted by molar-refractivity contribution is -0.118. The predicted molar refractivity (Wildman–Crippen MR) is 113 cm³/mol. The maximum Gasteiger partial charge on any atom is 0.245 e. The van der Waals surface area contributed by atoms with Crippen LogP contribution in [0.5, 0.6) is 5.75 Å². The predicted octanol–water partition coefficient (Wildman–Crippen LogP) is 3.31. The molecule has 0 aliphatic carbocycles. The van der Waals surface area contributed by atoms with Gasteiger partial charge in [0.2, 0.25) is 11.9 Å². The van der Waals surface area contributed by atoms with E-state index in [1.807, 2.05) is 0 Å². The summed E-state index contributed by atoms with van der Waals surface area (Å²) in [6.07, 6.45) is 0.966. The van der Waals surface area contributed by atoms with E-state index in [1.54, 1.807) is 12.1 Å². The summed E-state index contributed by atoms with van der Waals surface area (Å²) in [6, 6.07) is 10.4. The van der Waals surface area contributed by atoms with Crippen molar-refractivity contribution in [1.29, 1.82) is 0 Å². The van der Waals surface area contributed by atoms with Crippen LogP contribution in [-0.4, -0.2) is 34.1 Å². The number of sulfone groups is 1. The van der Waals surface area contributed by atoms with Gasteiger partial charge in [0.15, 0.2) is 21.5 Å². The first-order valence-electron chi connectivity index (χ1n) is 9.14. The third kappa shape index (κ3) is 3.63. The molecule has 1 aliphatic rings. The summed E-state index contributed by atoms with van der Waals surface area (Å²) in [6.45, 7) is 2.67. The topological polar surface area (TPSA) is 133 Å². The quantitative estimate of drug-likeness (QED) is 0.483. The molecule has 0 bridgehead atoms. The second-order valence-electron chi connectivity index (χ2n) is 7.37. The van der Waals surface area contributed by atoms with Crippen LogP contribution in [0.25, 0.3) is 0 Å². The van der Waals surface area contributed by atoms with Crippen LogP contribution in [0, 0.1) is 5.82 Å². The summed E-state index contributed by atoms with van der Waals surface area (Å²) in [5.74, 6) is -1.44. The van der Waals surface area contributed by atoms with Crippen molar-refractivity contribution in [3.05, 3.63) is 54.5 Å². The average Bonchev–Trinajstić information content (AvgIpc) is 2.69. The van der Waals surface area contributed by atoms with Gasteiger partial charge in [-0.05, 0) is 44.2 Å². The Bertz CT molecular complexity index is 1310. The molecular weight excluding hydrogens is 425 g/mol. The van der Waals surface area contributed by atoms with Crippen LogP contribution in [0.2, 0.25) is 0 Å². The summed E-state index contributed by atoms with van der Waals surface area (Å²) in [5, 5.41) is 17.7. The summed E-state index contributed by atoms with van der Waals surface area (Å²) in [4.78, 5) is 20.2. The molecule has 0 saturated carbocycles. The number of carbonyl (C=O) groups excluding carboxylic acids is 1. The van der Waals surface area contributed by atoms with Gasteiger partial charge >= 0.3 is 0 Å². The molecule has 4 N–H and O–H groups in total.